The maximum atomic E-state index is 12.0. The molecule has 1 saturated carbocycles. The van der Waals surface area contributed by atoms with Crippen LogP contribution in [0, 0.1) is 0 Å². The van der Waals surface area contributed by atoms with Crippen LogP contribution in [0.5, 0.6) is 0 Å². The van der Waals surface area contributed by atoms with E-state index >= 15 is 0 Å². The van der Waals surface area contributed by atoms with Crippen LogP contribution >= 0.6 is 0 Å². The molecular weight excluding hydrogens is 262 g/mol. The van der Waals surface area contributed by atoms with Crippen molar-refractivity contribution in [1.29, 1.82) is 0 Å². The van der Waals surface area contributed by atoms with Crippen LogP contribution in [-0.2, 0) is 10.0 Å². The fourth-order valence-corrected chi connectivity index (χ4v) is 4.00. The van der Waals surface area contributed by atoms with E-state index in [0.29, 0.717) is 6.42 Å². The highest BCUT2D eigenvalue weighted by Gasteiger charge is 2.35. The second-order valence-electron chi connectivity index (χ2n) is 5.75. The average molecular weight is 289 g/mol. The molecule has 2 rings (SSSR count). The third-order valence-electron chi connectivity index (χ3n) is 3.82. The van der Waals surface area contributed by atoms with Crippen molar-refractivity contribution < 1.29 is 8.42 Å². The number of likely N-dealkylation sites (tertiary alicyclic amines) is 1. The van der Waals surface area contributed by atoms with Gasteiger partial charge in [-0.2, -0.15) is 0 Å². The van der Waals surface area contributed by atoms with E-state index in [4.69, 9.17) is 0 Å². The van der Waals surface area contributed by atoms with Gasteiger partial charge in [0.05, 0.1) is 5.75 Å². The van der Waals surface area contributed by atoms with Crippen LogP contribution in [0.15, 0.2) is 0 Å². The molecule has 19 heavy (non-hydrogen) atoms. The Morgan fingerprint density at radius 2 is 2.00 bits per heavy atom. The lowest BCUT2D eigenvalue weighted by Gasteiger charge is -2.16. The van der Waals surface area contributed by atoms with Crippen LogP contribution in [0.4, 0.5) is 0 Å². The molecule has 2 fully saturated rings. The largest absolute Gasteiger partial charge is 0.317 e. The van der Waals surface area contributed by atoms with E-state index in [1.54, 1.807) is 0 Å². The van der Waals surface area contributed by atoms with Crippen molar-refractivity contribution in [3.8, 4) is 0 Å². The van der Waals surface area contributed by atoms with Crippen molar-refractivity contribution in [1.82, 2.24) is 14.9 Å². The molecule has 1 unspecified atom stereocenters. The van der Waals surface area contributed by atoms with Crippen molar-refractivity contribution in [3.63, 3.8) is 0 Å². The maximum Gasteiger partial charge on any atom is 0.211 e. The summed E-state index contributed by atoms with van der Waals surface area (Å²) in [6.07, 6.45) is 5.33. The van der Waals surface area contributed by atoms with Crippen molar-refractivity contribution in [2.45, 2.75) is 51.1 Å². The van der Waals surface area contributed by atoms with Gasteiger partial charge in [0, 0.05) is 25.2 Å². The third kappa shape index (κ3) is 5.38. The summed E-state index contributed by atoms with van der Waals surface area (Å²) in [5.41, 5.74) is 0. The number of sulfonamides is 1. The van der Waals surface area contributed by atoms with Crippen molar-refractivity contribution in [3.05, 3.63) is 0 Å². The van der Waals surface area contributed by atoms with Crippen LogP contribution < -0.4 is 10.0 Å². The Hall–Kier alpha value is -0.170. The van der Waals surface area contributed by atoms with E-state index in [1.807, 2.05) is 0 Å². The van der Waals surface area contributed by atoms with Crippen molar-refractivity contribution in [2.24, 2.45) is 0 Å². The molecule has 112 valence electrons. The summed E-state index contributed by atoms with van der Waals surface area (Å²) in [5, 5.41) is 3.23. The van der Waals surface area contributed by atoms with Gasteiger partial charge in [-0.15, -0.1) is 0 Å². The molecule has 0 aromatic carbocycles. The van der Waals surface area contributed by atoms with E-state index in [-0.39, 0.29) is 11.8 Å². The quantitative estimate of drug-likeness (QED) is 0.608. The summed E-state index contributed by atoms with van der Waals surface area (Å²) in [6, 6.07) is 0.877. The van der Waals surface area contributed by atoms with Gasteiger partial charge in [-0.25, -0.2) is 13.1 Å². The standard InChI is InChI=1S/C13H27N3O2S/c1-2-7-14-8-3-10-19(17,18)15-12-6-9-16(11-12)13-4-5-13/h12-15H,2-11H2,1H3. The maximum absolute atomic E-state index is 12.0. The highest BCUT2D eigenvalue weighted by atomic mass is 32.2. The fourth-order valence-electron chi connectivity index (χ4n) is 2.66. The predicted molar refractivity (Wildman–Crippen MR) is 77.7 cm³/mol. The zero-order valence-corrected chi connectivity index (χ0v) is 12.7. The van der Waals surface area contributed by atoms with Gasteiger partial charge < -0.3 is 5.32 Å². The first kappa shape index (κ1) is 15.2. The van der Waals surface area contributed by atoms with E-state index in [2.05, 4.69) is 21.9 Å². The molecule has 1 aliphatic carbocycles. The van der Waals surface area contributed by atoms with Crippen LogP contribution in [0.25, 0.3) is 0 Å². The summed E-state index contributed by atoms with van der Waals surface area (Å²) in [4.78, 5) is 2.43. The minimum atomic E-state index is -3.10. The van der Waals surface area contributed by atoms with Crippen LogP contribution in [0.3, 0.4) is 0 Å². The monoisotopic (exact) mass is 289 g/mol. The van der Waals surface area contributed by atoms with Crippen LogP contribution in [0.2, 0.25) is 0 Å². The summed E-state index contributed by atoms with van der Waals surface area (Å²) in [5.74, 6) is 0.240. The minimum absolute atomic E-state index is 0.134. The topological polar surface area (TPSA) is 61.4 Å². The van der Waals surface area contributed by atoms with Gasteiger partial charge in [0.2, 0.25) is 10.0 Å². The third-order valence-corrected chi connectivity index (χ3v) is 5.34. The highest BCUT2D eigenvalue weighted by molar-refractivity contribution is 7.89. The average Bonchev–Trinajstić information content (AvgIpc) is 3.10. The Balaban J connectivity index is 1.63. The molecule has 0 spiro atoms. The SMILES string of the molecule is CCCNCCCS(=O)(=O)NC1CCN(C2CC2)C1. The van der Waals surface area contributed by atoms with E-state index in [9.17, 15) is 8.42 Å². The molecule has 0 radical (unpaired) electrons. The molecule has 0 bridgehead atoms. The molecule has 2 N–H and O–H groups in total. The lowest BCUT2D eigenvalue weighted by atomic mass is 10.3. The Labute approximate surface area is 117 Å². The molecule has 1 aliphatic heterocycles. The van der Waals surface area contributed by atoms with E-state index in [1.165, 1.54) is 12.8 Å². The first-order valence-electron chi connectivity index (χ1n) is 7.55. The van der Waals surface area contributed by atoms with Crippen LogP contribution in [0.1, 0.15) is 39.0 Å². The second-order valence-corrected chi connectivity index (χ2v) is 7.63. The van der Waals surface area contributed by atoms with Gasteiger partial charge >= 0.3 is 0 Å². The van der Waals surface area contributed by atoms with Gasteiger partial charge in [-0.05, 0) is 45.2 Å². The molecular formula is C13H27N3O2S. The Bertz CT molecular complexity index is 368. The van der Waals surface area contributed by atoms with E-state index in [0.717, 1.165) is 45.1 Å². The summed E-state index contributed by atoms with van der Waals surface area (Å²) in [7, 11) is -3.10. The van der Waals surface area contributed by atoms with Gasteiger partial charge in [-0.3, -0.25) is 4.90 Å². The number of rotatable bonds is 9. The number of hydrogen-bond acceptors (Lipinski definition) is 4. The van der Waals surface area contributed by atoms with Gasteiger partial charge in [0.1, 0.15) is 0 Å². The lowest BCUT2D eigenvalue weighted by Crippen LogP contribution is -2.39. The first-order valence-corrected chi connectivity index (χ1v) is 9.20. The Morgan fingerprint density at radius 3 is 2.68 bits per heavy atom. The smallest absolute Gasteiger partial charge is 0.211 e. The molecule has 1 saturated heterocycles. The minimum Gasteiger partial charge on any atom is -0.317 e. The predicted octanol–water partition coefficient (Wildman–Crippen LogP) is 0.532. The van der Waals surface area contributed by atoms with Crippen molar-refractivity contribution >= 4 is 10.0 Å². The fraction of sp³-hybridized carbons (Fsp3) is 1.00. The molecule has 1 atom stereocenters. The number of hydrogen-bond donors (Lipinski definition) is 2. The molecule has 0 aromatic rings. The molecule has 2 aliphatic rings. The highest BCUT2D eigenvalue weighted by Crippen LogP contribution is 2.29. The summed E-state index contributed by atoms with van der Waals surface area (Å²) < 4.78 is 26.8. The van der Waals surface area contributed by atoms with Crippen LogP contribution in [-0.4, -0.2) is 57.3 Å². The van der Waals surface area contributed by atoms with Gasteiger partial charge in [0.15, 0.2) is 0 Å². The Kier molecular flexibility index (Phi) is 5.62. The van der Waals surface area contributed by atoms with Gasteiger partial charge in [0.25, 0.3) is 0 Å². The Morgan fingerprint density at radius 1 is 1.21 bits per heavy atom. The molecule has 0 amide bonds. The molecule has 0 aromatic heterocycles. The first-order chi connectivity index (χ1) is 9.11. The van der Waals surface area contributed by atoms with E-state index < -0.39 is 10.0 Å². The molecule has 5 nitrogen and oxygen atoms in total. The zero-order valence-electron chi connectivity index (χ0n) is 11.9. The number of nitrogens with zero attached hydrogens (tertiary/aromatic N) is 1. The zero-order chi connectivity index (χ0) is 13.7. The lowest BCUT2D eigenvalue weighted by molar-refractivity contribution is 0.322. The normalized spacial score (nSPS) is 25.0. The second kappa shape index (κ2) is 7.02. The van der Waals surface area contributed by atoms with Gasteiger partial charge in [-0.1, -0.05) is 6.92 Å². The molecule has 6 heteroatoms. The molecule has 1 heterocycles. The van der Waals surface area contributed by atoms with Crippen molar-refractivity contribution in [2.75, 3.05) is 31.9 Å². The summed E-state index contributed by atoms with van der Waals surface area (Å²) in [6.45, 7) is 5.81. The summed E-state index contributed by atoms with van der Waals surface area (Å²) >= 11 is 0. The number of nitrogens with one attached hydrogen (secondary N) is 2.